The van der Waals surface area contributed by atoms with Crippen molar-refractivity contribution in [3.05, 3.63) is 52.3 Å². The van der Waals surface area contributed by atoms with Gasteiger partial charge in [-0.05, 0) is 81.3 Å². The number of hydrogen-bond acceptors (Lipinski definition) is 2. The summed E-state index contributed by atoms with van der Waals surface area (Å²) < 4.78 is 2.25. The number of fused-ring (bicyclic) bond motifs is 1. The summed E-state index contributed by atoms with van der Waals surface area (Å²) >= 11 is 0. The molecule has 1 unspecified atom stereocenters. The molecule has 0 aliphatic carbocycles. The summed E-state index contributed by atoms with van der Waals surface area (Å²) in [7, 11) is 2.14. The van der Waals surface area contributed by atoms with Gasteiger partial charge in [0.05, 0.1) is 11.0 Å². The van der Waals surface area contributed by atoms with Crippen molar-refractivity contribution in [1.82, 2.24) is 9.55 Å². The van der Waals surface area contributed by atoms with Gasteiger partial charge in [-0.2, -0.15) is 0 Å². The van der Waals surface area contributed by atoms with E-state index >= 15 is 0 Å². The minimum Gasteiger partial charge on any atom is -0.348 e. The topological polar surface area (TPSA) is 43.8 Å². The largest absolute Gasteiger partial charge is 0.348 e. The second-order valence-corrected chi connectivity index (χ2v) is 7.66. The van der Waals surface area contributed by atoms with E-state index in [1.807, 2.05) is 0 Å². The Labute approximate surface area is 157 Å². The van der Waals surface area contributed by atoms with E-state index in [4.69, 9.17) is 10.7 Å². The average molecular weight is 350 g/mol. The van der Waals surface area contributed by atoms with Crippen LogP contribution in [0.15, 0.2) is 24.4 Å². The van der Waals surface area contributed by atoms with Crippen LogP contribution in [-0.2, 0) is 7.05 Å². The Morgan fingerprint density at radius 2 is 1.73 bits per heavy atom. The minimum atomic E-state index is 0.478. The van der Waals surface area contributed by atoms with Gasteiger partial charge in [-0.3, -0.25) is 4.98 Å². The first kappa shape index (κ1) is 18.7. The zero-order chi connectivity index (χ0) is 19.0. The van der Waals surface area contributed by atoms with E-state index in [2.05, 4.69) is 70.6 Å². The minimum absolute atomic E-state index is 0.478. The zero-order valence-electron chi connectivity index (χ0n) is 17.0. The van der Waals surface area contributed by atoms with E-state index in [1.54, 1.807) is 0 Å². The summed E-state index contributed by atoms with van der Waals surface area (Å²) in [4.78, 5) is 4.96. The third-order valence-corrected chi connectivity index (χ3v) is 5.47. The fraction of sp³-hybridized carbons (Fsp3) is 0.435. The van der Waals surface area contributed by atoms with Gasteiger partial charge in [-0.25, -0.2) is 0 Å². The van der Waals surface area contributed by atoms with Crippen molar-refractivity contribution >= 4 is 11.0 Å². The third kappa shape index (κ3) is 3.16. The molecule has 0 aliphatic heterocycles. The highest BCUT2D eigenvalue weighted by molar-refractivity contribution is 5.96. The summed E-state index contributed by atoms with van der Waals surface area (Å²) in [6.45, 7) is 11.6. The standard InChI is InChI=1S/C23H31N3/c1-7-18(8-9-24)19-12-17(5)25-22-20(13-26(6)23(19)22)21-15(3)10-14(2)11-16(21)4/h10-13,18H,7-9,24H2,1-6H3. The summed E-state index contributed by atoms with van der Waals surface area (Å²) in [6, 6.07) is 6.78. The van der Waals surface area contributed by atoms with E-state index in [0.717, 1.165) is 30.6 Å². The van der Waals surface area contributed by atoms with Crippen LogP contribution in [-0.4, -0.2) is 16.1 Å². The molecule has 0 fully saturated rings. The number of aryl methyl sites for hydroxylation is 5. The van der Waals surface area contributed by atoms with Gasteiger partial charge >= 0.3 is 0 Å². The lowest BCUT2D eigenvalue weighted by Crippen LogP contribution is -2.09. The molecule has 3 rings (SSSR count). The van der Waals surface area contributed by atoms with Gasteiger partial charge in [0.25, 0.3) is 0 Å². The maximum absolute atomic E-state index is 5.89. The molecule has 3 heteroatoms. The molecule has 0 radical (unpaired) electrons. The van der Waals surface area contributed by atoms with E-state index in [1.165, 1.54) is 38.9 Å². The van der Waals surface area contributed by atoms with Crippen LogP contribution in [0.2, 0.25) is 0 Å². The highest BCUT2D eigenvalue weighted by Crippen LogP contribution is 2.38. The molecule has 138 valence electrons. The number of benzene rings is 1. The van der Waals surface area contributed by atoms with Crippen LogP contribution in [0.25, 0.3) is 22.2 Å². The van der Waals surface area contributed by atoms with Crippen LogP contribution in [0.1, 0.15) is 53.6 Å². The number of pyridine rings is 1. The summed E-state index contributed by atoms with van der Waals surface area (Å²) in [5.41, 5.74) is 17.2. The molecule has 2 N–H and O–H groups in total. The number of aromatic nitrogens is 2. The Morgan fingerprint density at radius 1 is 1.08 bits per heavy atom. The molecular formula is C23H31N3. The summed E-state index contributed by atoms with van der Waals surface area (Å²) in [5, 5.41) is 0. The number of nitrogens with two attached hydrogens (primary N) is 1. The molecule has 1 atom stereocenters. The van der Waals surface area contributed by atoms with Crippen molar-refractivity contribution in [2.45, 2.75) is 53.4 Å². The average Bonchev–Trinajstić information content (AvgIpc) is 2.87. The quantitative estimate of drug-likeness (QED) is 0.678. The molecule has 0 spiro atoms. The molecule has 26 heavy (non-hydrogen) atoms. The van der Waals surface area contributed by atoms with Gasteiger partial charge in [-0.1, -0.05) is 24.6 Å². The van der Waals surface area contributed by atoms with Crippen molar-refractivity contribution in [3.63, 3.8) is 0 Å². The fourth-order valence-corrected chi connectivity index (χ4v) is 4.45. The molecule has 2 aromatic heterocycles. The van der Waals surface area contributed by atoms with Gasteiger partial charge in [0.2, 0.25) is 0 Å². The van der Waals surface area contributed by atoms with Crippen molar-refractivity contribution in [1.29, 1.82) is 0 Å². The Morgan fingerprint density at radius 3 is 2.31 bits per heavy atom. The first-order chi connectivity index (χ1) is 12.4. The molecular weight excluding hydrogens is 318 g/mol. The Bertz CT molecular complexity index is 927. The predicted molar refractivity (Wildman–Crippen MR) is 112 cm³/mol. The monoisotopic (exact) mass is 349 g/mol. The molecule has 0 bridgehead atoms. The second-order valence-electron chi connectivity index (χ2n) is 7.66. The van der Waals surface area contributed by atoms with E-state index < -0.39 is 0 Å². The van der Waals surface area contributed by atoms with Crippen LogP contribution in [0.4, 0.5) is 0 Å². The van der Waals surface area contributed by atoms with Crippen molar-refractivity contribution < 1.29 is 0 Å². The highest BCUT2D eigenvalue weighted by atomic mass is 14.9. The van der Waals surface area contributed by atoms with Crippen LogP contribution < -0.4 is 5.73 Å². The highest BCUT2D eigenvalue weighted by Gasteiger charge is 2.20. The lowest BCUT2D eigenvalue weighted by Gasteiger charge is -2.17. The Kier molecular flexibility index (Phi) is 5.19. The first-order valence-corrected chi connectivity index (χ1v) is 9.62. The van der Waals surface area contributed by atoms with Crippen molar-refractivity contribution in [3.8, 4) is 11.1 Å². The smallest absolute Gasteiger partial charge is 0.0965 e. The molecule has 0 saturated heterocycles. The number of hydrogen-bond donors (Lipinski definition) is 1. The lowest BCUT2D eigenvalue weighted by atomic mass is 9.90. The SMILES string of the molecule is CCC(CCN)c1cc(C)nc2c(-c3c(C)cc(C)cc3C)cn(C)c12. The molecule has 0 amide bonds. The van der Waals surface area contributed by atoms with Crippen LogP contribution in [0, 0.1) is 27.7 Å². The van der Waals surface area contributed by atoms with Gasteiger partial charge in [0.15, 0.2) is 0 Å². The van der Waals surface area contributed by atoms with E-state index in [-0.39, 0.29) is 0 Å². The Hall–Kier alpha value is -2.13. The van der Waals surface area contributed by atoms with Gasteiger partial charge < -0.3 is 10.3 Å². The molecule has 2 heterocycles. The molecule has 3 nitrogen and oxygen atoms in total. The number of rotatable bonds is 5. The van der Waals surface area contributed by atoms with E-state index in [0.29, 0.717) is 5.92 Å². The van der Waals surface area contributed by atoms with Gasteiger partial charge in [-0.15, -0.1) is 0 Å². The molecule has 0 aliphatic rings. The van der Waals surface area contributed by atoms with Crippen LogP contribution >= 0.6 is 0 Å². The number of nitrogens with zero attached hydrogens (tertiary/aromatic N) is 2. The summed E-state index contributed by atoms with van der Waals surface area (Å²) in [5.74, 6) is 0.478. The maximum Gasteiger partial charge on any atom is 0.0965 e. The predicted octanol–water partition coefficient (Wildman–Crippen LogP) is 5.32. The zero-order valence-corrected chi connectivity index (χ0v) is 17.0. The third-order valence-electron chi connectivity index (χ3n) is 5.47. The van der Waals surface area contributed by atoms with Gasteiger partial charge in [0.1, 0.15) is 0 Å². The molecule has 1 aromatic carbocycles. The fourth-order valence-electron chi connectivity index (χ4n) is 4.45. The lowest BCUT2D eigenvalue weighted by molar-refractivity contribution is 0.615. The molecule has 0 saturated carbocycles. The summed E-state index contributed by atoms with van der Waals surface area (Å²) in [6.07, 6.45) is 4.36. The maximum atomic E-state index is 5.89. The normalized spacial score (nSPS) is 12.7. The van der Waals surface area contributed by atoms with Crippen molar-refractivity contribution in [2.75, 3.05) is 6.54 Å². The second kappa shape index (κ2) is 7.24. The van der Waals surface area contributed by atoms with Crippen molar-refractivity contribution in [2.24, 2.45) is 12.8 Å². The van der Waals surface area contributed by atoms with Gasteiger partial charge in [0, 0.05) is 24.5 Å². The first-order valence-electron chi connectivity index (χ1n) is 9.62. The van der Waals surface area contributed by atoms with E-state index in [9.17, 15) is 0 Å². The van der Waals surface area contributed by atoms with Crippen LogP contribution in [0.3, 0.4) is 0 Å². The Balaban J connectivity index is 2.33. The molecule has 3 aromatic rings. The van der Waals surface area contributed by atoms with Crippen LogP contribution in [0.5, 0.6) is 0 Å².